The van der Waals surface area contributed by atoms with Crippen molar-refractivity contribution in [3.05, 3.63) is 24.3 Å². The first-order chi connectivity index (χ1) is 8.97. The summed E-state index contributed by atoms with van der Waals surface area (Å²) < 4.78 is 5.54. The number of carbonyl (C=O) groups is 1. The number of hydrogen-bond acceptors (Lipinski definition) is 3. The van der Waals surface area contributed by atoms with Gasteiger partial charge in [-0.25, -0.2) is 0 Å². The van der Waals surface area contributed by atoms with Crippen LogP contribution >= 0.6 is 0 Å². The first-order valence-corrected chi connectivity index (χ1v) is 6.77. The van der Waals surface area contributed by atoms with E-state index in [-0.39, 0.29) is 12.0 Å². The molecule has 1 amide bonds. The van der Waals surface area contributed by atoms with E-state index in [1.165, 1.54) is 0 Å². The quantitative estimate of drug-likeness (QED) is 0.796. The van der Waals surface area contributed by atoms with Crippen molar-refractivity contribution < 1.29 is 9.53 Å². The first-order valence-electron chi connectivity index (χ1n) is 6.77. The van der Waals surface area contributed by atoms with Gasteiger partial charge in [0.15, 0.2) is 0 Å². The van der Waals surface area contributed by atoms with Crippen LogP contribution in [0.25, 0.3) is 0 Å². The van der Waals surface area contributed by atoms with Crippen LogP contribution in [-0.2, 0) is 4.79 Å². The summed E-state index contributed by atoms with van der Waals surface area (Å²) in [5.41, 5.74) is 0.797. The fourth-order valence-corrected chi connectivity index (χ4v) is 1.59. The molecule has 0 saturated carbocycles. The number of amides is 1. The van der Waals surface area contributed by atoms with Gasteiger partial charge in [0.25, 0.3) is 0 Å². The molecule has 1 aromatic carbocycles. The van der Waals surface area contributed by atoms with Crippen molar-refractivity contribution in [2.24, 2.45) is 0 Å². The predicted octanol–water partition coefficient (Wildman–Crippen LogP) is 2.80. The fourth-order valence-electron chi connectivity index (χ4n) is 1.59. The molecule has 0 aromatic heterocycles. The number of hydrogen-bond donors (Lipinski definition) is 2. The molecule has 0 heterocycles. The number of anilines is 1. The van der Waals surface area contributed by atoms with E-state index in [9.17, 15) is 4.79 Å². The number of rotatable bonds is 7. The van der Waals surface area contributed by atoms with E-state index in [1.54, 1.807) is 0 Å². The fraction of sp³-hybridized carbons (Fsp3) is 0.533. The smallest absolute Gasteiger partial charge is 0.225 e. The standard InChI is InChI=1S/C15H24N2O2/c1-11(2)16-10-9-15(18)17-13-5-7-14(8-6-13)19-12(3)4/h5-8,11-12,16H,9-10H2,1-4H3,(H,17,18). The lowest BCUT2D eigenvalue weighted by atomic mass is 10.2. The van der Waals surface area contributed by atoms with Crippen molar-refractivity contribution in [3.63, 3.8) is 0 Å². The van der Waals surface area contributed by atoms with Gasteiger partial charge in [-0.2, -0.15) is 0 Å². The van der Waals surface area contributed by atoms with E-state index in [4.69, 9.17) is 4.74 Å². The summed E-state index contributed by atoms with van der Waals surface area (Å²) in [5.74, 6) is 0.833. The maximum atomic E-state index is 11.7. The zero-order valence-corrected chi connectivity index (χ0v) is 12.2. The monoisotopic (exact) mass is 264 g/mol. The topological polar surface area (TPSA) is 50.4 Å². The molecule has 0 aliphatic rings. The Kier molecular flexibility index (Phi) is 6.36. The Morgan fingerprint density at radius 3 is 2.32 bits per heavy atom. The van der Waals surface area contributed by atoms with Gasteiger partial charge >= 0.3 is 0 Å². The third-order valence-corrected chi connectivity index (χ3v) is 2.41. The summed E-state index contributed by atoms with van der Waals surface area (Å²) in [4.78, 5) is 11.7. The largest absolute Gasteiger partial charge is 0.491 e. The van der Waals surface area contributed by atoms with E-state index >= 15 is 0 Å². The molecule has 0 atom stereocenters. The minimum atomic E-state index is 0.0191. The maximum absolute atomic E-state index is 11.7. The molecular formula is C15H24N2O2. The van der Waals surface area contributed by atoms with E-state index in [0.29, 0.717) is 19.0 Å². The zero-order chi connectivity index (χ0) is 14.3. The Morgan fingerprint density at radius 1 is 1.16 bits per heavy atom. The van der Waals surface area contributed by atoms with Crippen LogP contribution in [0.4, 0.5) is 5.69 Å². The molecule has 0 spiro atoms. The highest BCUT2D eigenvalue weighted by molar-refractivity contribution is 5.90. The zero-order valence-electron chi connectivity index (χ0n) is 12.2. The summed E-state index contributed by atoms with van der Waals surface area (Å²) in [6.45, 7) is 8.78. The van der Waals surface area contributed by atoms with Gasteiger partial charge in [0.2, 0.25) is 5.91 Å². The van der Waals surface area contributed by atoms with E-state index in [2.05, 4.69) is 24.5 Å². The van der Waals surface area contributed by atoms with Crippen LogP contribution in [0.3, 0.4) is 0 Å². The molecule has 0 unspecified atom stereocenters. The molecule has 1 aromatic rings. The van der Waals surface area contributed by atoms with Gasteiger partial charge in [-0.1, -0.05) is 13.8 Å². The van der Waals surface area contributed by atoms with Crippen molar-refractivity contribution in [2.75, 3.05) is 11.9 Å². The SMILES string of the molecule is CC(C)NCCC(=O)Nc1ccc(OC(C)C)cc1. The number of carbonyl (C=O) groups excluding carboxylic acids is 1. The summed E-state index contributed by atoms with van der Waals surface area (Å²) in [7, 11) is 0. The molecule has 0 radical (unpaired) electrons. The molecule has 106 valence electrons. The van der Waals surface area contributed by atoms with Gasteiger partial charge in [-0.15, -0.1) is 0 Å². The number of benzene rings is 1. The molecule has 4 heteroatoms. The lowest BCUT2D eigenvalue weighted by molar-refractivity contribution is -0.116. The minimum absolute atomic E-state index is 0.0191. The number of nitrogens with one attached hydrogen (secondary N) is 2. The van der Waals surface area contributed by atoms with Gasteiger partial charge in [-0.3, -0.25) is 4.79 Å². The Bertz CT molecular complexity index is 386. The third-order valence-electron chi connectivity index (χ3n) is 2.41. The highest BCUT2D eigenvalue weighted by atomic mass is 16.5. The predicted molar refractivity (Wildman–Crippen MR) is 78.6 cm³/mol. The Labute approximate surface area is 115 Å². The van der Waals surface area contributed by atoms with Crippen LogP contribution in [-0.4, -0.2) is 24.6 Å². The van der Waals surface area contributed by atoms with Gasteiger partial charge < -0.3 is 15.4 Å². The van der Waals surface area contributed by atoms with Gasteiger partial charge in [0.1, 0.15) is 5.75 Å². The van der Waals surface area contributed by atoms with Gasteiger partial charge in [0, 0.05) is 24.7 Å². The van der Waals surface area contributed by atoms with Crippen molar-refractivity contribution in [1.29, 1.82) is 0 Å². The second-order valence-corrected chi connectivity index (χ2v) is 5.10. The summed E-state index contributed by atoms with van der Waals surface area (Å²) >= 11 is 0. The second-order valence-electron chi connectivity index (χ2n) is 5.10. The Morgan fingerprint density at radius 2 is 1.79 bits per heavy atom. The molecule has 1 rings (SSSR count). The van der Waals surface area contributed by atoms with E-state index < -0.39 is 0 Å². The summed E-state index contributed by atoms with van der Waals surface area (Å²) in [6.07, 6.45) is 0.630. The van der Waals surface area contributed by atoms with Gasteiger partial charge in [-0.05, 0) is 38.1 Å². The van der Waals surface area contributed by atoms with E-state index in [0.717, 1.165) is 11.4 Å². The van der Waals surface area contributed by atoms with Crippen LogP contribution < -0.4 is 15.4 Å². The average Bonchev–Trinajstić information content (AvgIpc) is 2.30. The van der Waals surface area contributed by atoms with Crippen LogP contribution in [0, 0.1) is 0 Å². The second kappa shape index (κ2) is 7.79. The molecule has 4 nitrogen and oxygen atoms in total. The normalized spacial score (nSPS) is 10.8. The molecule has 2 N–H and O–H groups in total. The molecular weight excluding hydrogens is 240 g/mol. The summed E-state index contributed by atoms with van der Waals surface area (Å²) in [5, 5.41) is 6.07. The Balaban J connectivity index is 2.38. The van der Waals surface area contributed by atoms with Crippen LogP contribution in [0.5, 0.6) is 5.75 Å². The summed E-state index contributed by atoms with van der Waals surface area (Å²) in [6, 6.07) is 7.83. The van der Waals surface area contributed by atoms with Crippen molar-refractivity contribution in [1.82, 2.24) is 5.32 Å². The lowest BCUT2D eigenvalue weighted by Crippen LogP contribution is -2.27. The van der Waals surface area contributed by atoms with Crippen molar-refractivity contribution >= 4 is 11.6 Å². The third kappa shape index (κ3) is 6.82. The maximum Gasteiger partial charge on any atom is 0.225 e. The molecule has 0 aliphatic heterocycles. The minimum Gasteiger partial charge on any atom is -0.491 e. The lowest BCUT2D eigenvalue weighted by Gasteiger charge is -2.11. The van der Waals surface area contributed by atoms with Crippen molar-refractivity contribution in [2.45, 2.75) is 46.3 Å². The highest BCUT2D eigenvalue weighted by Crippen LogP contribution is 2.16. The van der Waals surface area contributed by atoms with Crippen LogP contribution in [0.2, 0.25) is 0 Å². The average molecular weight is 264 g/mol. The number of ether oxygens (including phenoxy) is 1. The highest BCUT2D eigenvalue weighted by Gasteiger charge is 2.03. The molecule has 0 saturated heterocycles. The molecule has 0 aliphatic carbocycles. The molecule has 19 heavy (non-hydrogen) atoms. The molecule has 0 bridgehead atoms. The van der Waals surface area contributed by atoms with Crippen molar-refractivity contribution in [3.8, 4) is 5.75 Å². The van der Waals surface area contributed by atoms with E-state index in [1.807, 2.05) is 38.1 Å². The Hall–Kier alpha value is -1.55. The van der Waals surface area contributed by atoms with Gasteiger partial charge in [0.05, 0.1) is 6.10 Å². The van der Waals surface area contributed by atoms with Crippen LogP contribution in [0.1, 0.15) is 34.1 Å². The molecule has 0 fully saturated rings. The van der Waals surface area contributed by atoms with Crippen LogP contribution in [0.15, 0.2) is 24.3 Å². The first kappa shape index (κ1) is 15.5.